The summed E-state index contributed by atoms with van der Waals surface area (Å²) in [5, 5.41) is 22.7. The number of rotatable bonds is 9. The summed E-state index contributed by atoms with van der Waals surface area (Å²) in [7, 11) is 1.53. The van der Waals surface area contributed by atoms with E-state index in [1.54, 1.807) is 29.0 Å². The minimum absolute atomic E-state index is 0.0467. The van der Waals surface area contributed by atoms with Crippen LogP contribution in [-0.2, 0) is 20.9 Å². The number of nitrogens with zero attached hydrogens (tertiary/aromatic N) is 3. The fourth-order valence-corrected chi connectivity index (χ4v) is 4.05. The second kappa shape index (κ2) is 9.80. The van der Waals surface area contributed by atoms with Crippen molar-refractivity contribution in [2.45, 2.75) is 19.5 Å². The van der Waals surface area contributed by atoms with Gasteiger partial charge in [-0.3, -0.25) is 24.2 Å². The number of aromatic nitrogens is 1. The number of methoxy groups -OCH3 is 1. The molecule has 10 heteroatoms. The molecule has 2 aromatic rings. The Labute approximate surface area is 180 Å². The lowest BCUT2D eigenvalue weighted by Crippen LogP contribution is -2.51. The number of hydrogen-bond donors (Lipinski definition) is 3. The minimum Gasteiger partial charge on any atom is -0.497 e. The number of amides is 1. The third-order valence-corrected chi connectivity index (χ3v) is 5.47. The Morgan fingerprint density at radius 3 is 2.42 bits per heavy atom. The van der Waals surface area contributed by atoms with Crippen molar-refractivity contribution in [2.24, 2.45) is 0 Å². The summed E-state index contributed by atoms with van der Waals surface area (Å²) in [6.07, 6.45) is 1.61. The van der Waals surface area contributed by atoms with Crippen LogP contribution < -0.4 is 10.1 Å². The normalized spacial score (nSPS) is 16.2. The number of hydrogen-bond acceptors (Lipinski definition) is 6. The highest BCUT2D eigenvalue weighted by atomic mass is 16.5. The molecule has 0 unspecified atom stereocenters. The van der Waals surface area contributed by atoms with Crippen molar-refractivity contribution in [3.63, 3.8) is 0 Å². The van der Waals surface area contributed by atoms with Crippen molar-refractivity contribution in [1.29, 1.82) is 0 Å². The number of ether oxygens (including phenoxy) is 1. The summed E-state index contributed by atoms with van der Waals surface area (Å²) in [6.45, 7) is 4.55. The van der Waals surface area contributed by atoms with Crippen molar-refractivity contribution in [3.8, 4) is 5.75 Å². The van der Waals surface area contributed by atoms with Gasteiger partial charge in [-0.25, -0.2) is 0 Å². The average molecular weight is 432 g/mol. The molecule has 1 aromatic heterocycles. The Hall–Kier alpha value is -3.11. The molecule has 0 saturated carbocycles. The number of benzene rings is 1. The van der Waals surface area contributed by atoms with Gasteiger partial charge in [0.05, 0.1) is 13.7 Å². The first kappa shape index (κ1) is 22.6. The Bertz CT molecular complexity index is 964. The summed E-state index contributed by atoms with van der Waals surface area (Å²) in [6, 6.07) is 4.27. The molecule has 2 heterocycles. The Kier molecular flexibility index (Phi) is 7.13. The van der Waals surface area contributed by atoms with Crippen molar-refractivity contribution in [2.75, 3.05) is 46.4 Å². The third kappa shape index (κ3) is 5.15. The predicted molar refractivity (Wildman–Crippen MR) is 113 cm³/mol. The molecule has 1 aliphatic heterocycles. The molecule has 1 saturated heterocycles. The van der Waals surface area contributed by atoms with Gasteiger partial charge in [-0.15, -0.1) is 0 Å². The lowest BCUT2D eigenvalue weighted by molar-refractivity contribution is -0.144. The van der Waals surface area contributed by atoms with Crippen LogP contribution >= 0.6 is 0 Å². The fourth-order valence-electron chi connectivity index (χ4n) is 4.05. The van der Waals surface area contributed by atoms with E-state index in [4.69, 9.17) is 4.74 Å². The summed E-state index contributed by atoms with van der Waals surface area (Å²) >= 11 is 0. The van der Waals surface area contributed by atoms with Crippen molar-refractivity contribution >= 4 is 28.7 Å². The molecule has 0 bridgehead atoms. The highest BCUT2D eigenvalue weighted by Gasteiger charge is 2.33. The highest BCUT2D eigenvalue weighted by Crippen LogP contribution is 2.33. The number of carbonyl (C=O) groups is 3. The van der Waals surface area contributed by atoms with E-state index in [1.807, 2.05) is 16.7 Å². The van der Waals surface area contributed by atoms with Gasteiger partial charge in [-0.2, -0.15) is 0 Å². The number of piperazine rings is 1. The van der Waals surface area contributed by atoms with Crippen LogP contribution in [0.4, 0.5) is 0 Å². The predicted octanol–water partition coefficient (Wildman–Crippen LogP) is 0.614. The molecule has 3 rings (SSSR count). The molecular weight excluding hydrogens is 404 g/mol. The maximum atomic E-state index is 12.3. The zero-order valence-electron chi connectivity index (χ0n) is 17.7. The highest BCUT2D eigenvalue weighted by molar-refractivity contribution is 5.91. The van der Waals surface area contributed by atoms with Gasteiger partial charge in [0.2, 0.25) is 5.91 Å². The number of nitrogens with one attached hydrogen (secondary N) is 1. The molecule has 168 valence electrons. The van der Waals surface area contributed by atoms with Crippen LogP contribution in [0.2, 0.25) is 0 Å². The van der Waals surface area contributed by atoms with Gasteiger partial charge in [0.1, 0.15) is 18.3 Å². The van der Waals surface area contributed by atoms with Gasteiger partial charge >= 0.3 is 11.9 Å². The van der Waals surface area contributed by atoms with Crippen LogP contribution in [0.5, 0.6) is 5.75 Å². The van der Waals surface area contributed by atoms with Crippen LogP contribution in [0.15, 0.2) is 24.4 Å². The SMILES string of the molecule is CCNC(=O)CN1CCN([C@@H](C(=O)O)c2cn(CC(=O)O)c3ccc(OC)cc23)CC1. The summed E-state index contributed by atoms with van der Waals surface area (Å²) < 4.78 is 6.84. The topological polar surface area (TPSA) is 124 Å². The van der Waals surface area contributed by atoms with E-state index < -0.39 is 18.0 Å². The molecule has 0 spiro atoms. The van der Waals surface area contributed by atoms with Gasteiger partial charge in [-0.1, -0.05) is 0 Å². The molecule has 1 amide bonds. The van der Waals surface area contributed by atoms with Crippen LogP contribution in [0.1, 0.15) is 18.5 Å². The minimum atomic E-state index is -1.01. The van der Waals surface area contributed by atoms with E-state index in [0.29, 0.717) is 54.9 Å². The maximum absolute atomic E-state index is 12.3. The van der Waals surface area contributed by atoms with E-state index >= 15 is 0 Å². The standard InChI is InChI=1S/C21H28N4O6/c1-3-22-18(26)12-23-6-8-24(9-7-23)20(21(29)30)16-11-25(13-19(27)28)17-5-4-14(31-2)10-15(16)17/h4-5,10-11,20H,3,6-9,12-13H2,1-2H3,(H,22,26)(H,27,28)(H,29,30)/t20-/m1/s1. The summed E-state index contributed by atoms with van der Waals surface area (Å²) in [5.41, 5.74) is 1.17. The number of carboxylic acids is 2. The molecule has 1 aliphatic rings. The molecular formula is C21H28N4O6. The van der Waals surface area contributed by atoms with Crippen LogP contribution in [0, 0.1) is 0 Å². The second-order valence-electron chi connectivity index (χ2n) is 7.50. The molecule has 1 aromatic carbocycles. The van der Waals surface area contributed by atoms with Crippen molar-refractivity contribution in [3.05, 3.63) is 30.0 Å². The van der Waals surface area contributed by atoms with Gasteiger partial charge in [0.25, 0.3) is 0 Å². The zero-order valence-corrected chi connectivity index (χ0v) is 17.7. The Morgan fingerprint density at radius 1 is 1.13 bits per heavy atom. The van der Waals surface area contributed by atoms with Crippen LogP contribution in [-0.4, -0.2) is 88.8 Å². The summed E-state index contributed by atoms with van der Waals surface area (Å²) in [5.74, 6) is -1.49. The van der Waals surface area contributed by atoms with Crippen molar-refractivity contribution < 1.29 is 29.3 Å². The number of carboxylic acid groups (broad SMARTS) is 2. The maximum Gasteiger partial charge on any atom is 0.325 e. The van der Waals surface area contributed by atoms with E-state index in [2.05, 4.69) is 5.32 Å². The molecule has 0 radical (unpaired) electrons. The van der Waals surface area contributed by atoms with Crippen LogP contribution in [0.25, 0.3) is 10.9 Å². The monoisotopic (exact) mass is 432 g/mol. The van der Waals surface area contributed by atoms with Gasteiger partial charge in [0.15, 0.2) is 0 Å². The molecule has 10 nitrogen and oxygen atoms in total. The number of likely N-dealkylation sites (N-methyl/N-ethyl adjacent to an activating group) is 1. The van der Waals surface area contributed by atoms with Gasteiger partial charge < -0.3 is 24.8 Å². The zero-order chi connectivity index (χ0) is 22.5. The molecule has 1 atom stereocenters. The Balaban J connectivity index is 1.88. The van der Waals surface area contributed by atoms with E-state index in [1.165, 1.54) is 7.11 Å². The molecule has 0 aliphatic carbocycles. The first-order valence-corrected chi connectivity index (χ1v) is 10.2. The Morgan fingerprint density at radius 2 is 1.84 bits per heavy atom. The van der Waals surface area contributed by atoms with E-state index in [-0.39, 0.29) is 19.0 Å². The number of fused-ring (bicyclic) bond motifs is 1. The first-order valence-electron chi connectivity index (χ1n) is 10.2. The molecule has 3 N–H and O–H groups in total. The summed E-state index contributed by atoms with van der Waals surface area (Å²) in [4.78, 5) is 39.3. The van der Waals surface area contributed by atoms with Gasteiger partial charge in [-0.05, 0) is 25.1 Å². The number of carbonyl (C=O) groups excluding carboxylic acids is 1. The lowest BCUT2D eigenvalue weighted by atomic mass is 10.0. The third-order valence-electron chi connectivity index (χ3n) is 5.47. The van der Waals surface area contributed by atoms with E-state index in [0.717, 1.165) is 0 Å². The van der Waals surface area contributed by atoms with Crippen LogP contribution in [0.3, 0.4) is 0 Å². The average Bonchev–Trinajstić information content (AvgIpc) is 3.06. The lowest BCUT2D eigenvalue weighted by Gasteiger charge is -2.37. The van der Waals surface area contributed by atoms with E-state index in [9.17, 15) is 24.6 Å². The quantitative estimate of drug-likeness (QED) is 0.527. The molecule has 31 heavy (non-hydrogen) atoms. The number of aliphatic carboxylic acids is 2. The second-order valence-corrected chi connectivity index (χ2v) is 7.50. The first-order chi connectivity index (χ1) is 14.8. The molecule has 1 fully saturated rings. The largest absolute Gasteiger partial charge is 0.497 e. The van der Waals surface area contributed by atoms with Crippen molar-refractivity contribution in [1.82, 2.24) is 19.7 Å². The smallest absolute Gasteiger partial charge is 0.325 e. The fraction of sp³-hybridized carbons (Fsp3) is 0.476. The van der Waals surface area contributed by atoms with Gasteiger partial charge in [0, 0.05) is 55.4 Å².